The second-order valence-electron chi connectivity index (χ2n) is 6.19. The zero-order valence-corrected chi connectivity index (χ0v) is 17.7. The lowest BCUT2D eigenvalue weighted by Gasteiger charge is -2.10. The molecule has 0 aliphatic carbocycles. The molecule has 0 aliphatic rings. The lowest BCUT2D eigenvalue weighted by atomic mass is 10.2. The summed E-state index contributed by atoms with van der Waals surface area (Å²) in [6, 6.07) is 11.3. The van der Waals surface area contributed by atoms with Crippen LogP contribution in [0.25, 0.3) is 22.8 Å². The minimum atomic E-state index is -0.319. The topological polar surface area (TPSA) is 78.9 Å². The van der Waals surface area contributed by atoms with Crippen LogP contribution in [0.1, 0.15) is 12.8 Å². The van der Waals surface area contributed by atoms with Crippen molar-refractivity contribution in [3.8, 4) is 28.6 Å². The first-order valence-corrected chi connectivity index (χ1v) is 10.4. The summed E-state index contributed by atoms with van der Waals surface area (Å²) in [5.41, 5.74) is 1.43. The fourth-order valence-corrected chi connectivity index (χ4v) is 3.89. The summed E-state index contributed by atoms with van der Waals surface area (Å²) < 4.78 is 26.2. The molecule has 154 valence electrons. The van der Waals surface area contributed by atoms with Crippen LogP contribution >= 0.6 is 23.4 Å². The van der Waals surface area contributed by atoms with Gasteiger partial charge in [-0.15, -0.1) is 20.4 Å². The van der Waals surface area contributed by atoms with Crippen LogP contribution in [0.3, 0.4) is 0 Å². The number of aromatic nitrogens is 5. The van der Waals surface area contributed by atoms with Crippen LogP contribution in [0.5, 0.6) is 5.75 Å². The third-order valence-corrected chi connectivity index (χ3v) is 5.50. The van der Waals surface area contributed by atoms with Crippen molar-refractivity contribution in [3.63, 3.8) is 0 Å². The SMILES string of the molecule is CCn1c(SCc2nnc(-c3ccc(F)cc3)o2)nnc1-c1cc(Cl)ccc1OC. The molecule has 4 rings (SSSR count). The number of methoxy groups -OCH3 is 1. The van der Waals surface area contributed by atoms with E-state index in [0.29, 0.717) is 51.4 Å². The summed E-state index contributed by atoms with van der Waals surface area (Å²) in [6.45, 7) is 2.66. The molecule has 30 heavy (non-hydrogen) atoms. The number of ether oxygens (including phenoxy) is 1. The van der Waals surface area contributed by atoms with Crippen molar-refractivity contribution in [1.29, 1.82) is 0 Å². The zero-order chi connectivity index (χ0) is 21.1. The van der Waals surface area contributed by atoms with E-state index < -0.39 is 0 Å². The van der Waals surface area contributed by atoms with Crippen molar-refractivity contribution in [3.05, 3.63) is 59.2 Å². The molecule has 0 atom stereocenters. The van der Waals surface area contributed by atoms with Gasteiger partial charge in [0.05, 0.1) is 18.4 Å². The van der Waals surface area contributed by atoms with Crippen molar-refractivity contribution in [2.24, 2.45) is 0 Å². The highest BCUT2D eigenvalue weighted by atomic mass is 35.5. The van der Waals surface area contributed by atoms with Crippen molar-refractivity contribution in [1.82, 2.24) is 25.0 Å². The van der Waals surface area contributed by atoms with Crippen LogP contribution in [0, 0.1) is 5.82 Å². The molecule has 10 heteroatoms. The van der Waals surface area contributed by atoms with Crippen LogP contribution in [0.15, 0.2) is 52.0 Å². The molecule has 0 aliphatic heterocycles. The molecule has 4 aromatic rings. The third-order valence-electron chi connectivity index (χ3n) is 4.32. The maximum atomic E-state index is 13.1. The number of nitrogens with zero attached hydrogens (tertiary/aromatic N) is 5. The summed E-state index contributed by atoms with van der Waals surface area (Å²) in [5.74, 6) is 2.20. The zero-order valence-electron chi connectivity index (χ0n) is 16.2. The molecule has 2 aromatic heterocycles. The van der Waals surface area contributed by atoms with E-state index in [-0.39, 0.29) is 5.82 Å². The van der Waals surface area contributed by atoms with Gasteiger partial charge in [0.25, 0.3) is 0 Å². The van der Waals surface area contributed by atoms with Gasteiger partial charge in [-0.1, -0.05) is 23.4 Å². The minimum absolute atomic E-state index is 0.319. The van der Waals surface area contributed by atoms with Crippen LogP contribution in [-0.2, 0) is 12.3 Å². The molecule has 2 heterocycles. The van der Waals surface area contributed by atoms with Crippen LogP contribution in [0.4, 0.5) is 4.39 Å². The first-order chi connectivity index (χ1) is 14.6. The number of thioether (sulfide) groups is 1. The Balaban J connectivity index is 1.54. The van der Waals surface area contributed by atoms with Crippen molar-refractivity contribution >= 4 is 23.4 Å². The summed E-state index contributed by atoms with van der Waals surface area (Å²) >= 11 is 7.59. The number of halogens is 2. The van der Waals surface area contributed by atoms with Gasteiger partial charge in [-0.05, 0) is 49.4 Å². The van der Waals surface area contributed by atoms with Gasteiger partial charge in [0.2, 0.25) is 11.8 Å². The highest BCUT2D eigenvalue weighted by Crippen LogP contribution is 2.34. The number of hydrogen-bond donors (Lipinski definition) is 0. The second-order valence-corrected chi connectivity index (χ2v) is 7.57. The van der Waals surface area contributed by atoms with E-state index >= 15 is 0 Å². The largest absolute Gasteiger partial charge is 0.496 e. The van der Waals surface area contributed by atoms with Gasteiger partial charge in [0.15, 0.2) is 11.0 Å². The maximum absolute atomic E-state index is 13.1. The number of hydrogen-bond acceptors (Lipinski definition) is 7. The predicted molar refractivity (Wildman–Crippen MR) is 112 cm³/mol. The molecule has 0 unspecified atom stereocenters. The Morgan fingerprint density at radius 3 is 2.63 bits per heavy atom. The smallest absolute Gasteiger partial charge is 0.247 e. The molecular formula is C20H17ClFN5O2S. The van der Waals surface area contributed by atoms with Gasteiger partial charge in [-0.2, -0.15) is 0 Å². The fraction of sp³-hybridized carbons (Fsp3) is 0.200. The van der Waals surface area contributed by atoms with Gasteiger partial charge in [-0.3, -0.25) is 0 Å². The number of benzene rings is 2. The van der Waals surface area contributed by atoms with Gasteiger partial charge < -0.3 is 13.7 Å². The molecule has 0 saturated heterocycles. The quantitative estimate of drug-likeness (QED) is 0.366. The average Bonchev–Trinajstić information content (AvgIpc) is 3.39. The lowest BCUT2D eigenvalue weighted by molar-refractivity contribution is 0.416. The van der Waals surface area contributed by atoms with E-state index in [1.165, 1.54) is 23.9 Å². The van der Waals surface area contributed by atoms with Gasteiger partial charge >= 0.3 is 0 Å². The van der Waals surface area contributed by atoms with E-state index in [0.717, 1.165) is 5.56 Å². The monoisotopic (exact) mass is 445 g/mol. The first-order valence-electron chi connectivity index (χ1n) is 9.07. The molecule has 0 spiro atoms. The molecule has 0 bridgehead atoms. The van der Waals surface area contributed by atoms with E-state index in [1.54, 1.807) is 37.4 Å². The van der Waals surface area contributed by atoms with E-state index in [1.807, 2.05) is 11.5 Å². The van der Waals surface area contributed by atoms with Gasteiger partial charge in [0.1, 0.15) is 11.6 Å². The fourth-order valence-electron chi connectivity index (χ4n) is 2.88. The standard InChI is InChI=1S/C20H17ClFN5O2S/c1-3-27-18(15-10-13(21)6-9-16(15)28-2)24-26-20(27)30-11-17-23-25-19(29-17)12-4-7-14(22)8-5-12/h4-10H,3,11H2,1-2H3. The first kappa shape index (κ1) is 20.4. The van der Waals surface area contributed by atoms with Crippen LogP contribution in [0.2, 0.25) is 5.02 Å². The predicted octanol–water partition coefficient (Wildman–Crippen LogP) is 5.11. The molecule has 0 N–H and O–H groups in total. The Morgan fingerprint density at radius 1 is 1.10 bits per heavy atom. The summed E-state index contributed by atoms with van der Waals surface area (Å²) in [7, 11) is 1.60. The Morgan fingerprint density at radius 2 is 1.90 bits per heavy atom. The molecule has 0 amide bonds. The summed E-state index contributed by atoms with van der Waals surface area (Å²) in [4.78, 5) is 0. The van der Waals surface area contributed by atoms with Crippen molar-refractivity contribution in [2.75, 3.05) is 7.11 Å². The molecule has 0 fully saturated rings. The number of rotatable bonds is 7. The molecule has 2 aromatic carbocycles. The summed E-state index contributed by atoms with van der Waals surface area (Å²) in [6.07, 6.45) is 0. The van der Waals surface area contributed by atoms with Gasteiger partial charge in [-0.25, -0.2) is 4.39 Å². The lowest BCUT2D eigenvalue weighted by Crippen LogP contribution is -2.01. The van der Waals surface area contributed by atoms with Crippen molar-refractivity contribution in [2.45, 2.75) is 24.4 Å². The molecular weight excluding hydrogens is 429 g/mol. The third kappa shape index (κ3) is 4.17. The Labute approximate surface area is 181 Å². The van der Waals surface area contributed by atoms with E-state index in [2.05, 4.69) is 20.4 Å². The highest BCUT2D eigenvalue weighted by Gasteiger charge is 2.18. The van der Waals surface area contributed by atoms with Crippen LogP contribution in [-0.4, -0.2) is 32.1 Å². The molecule has 7 nitrogen and oxygen atoms in total. The molecule has 0 radical (unpaired) electrons. The highest BCUT2D eigenvalue weighted by molar-refractivity contribution is 7.98. The van der Waals surface area contributed by atoms with Gasteiger partial charge in [0, 0.05) is 17.1 Å². The Bertz CT molecular complexity index is 1160. The van der Waals surface area contributed by atoms with E-state index in [4.69, 9.17) is 20.8 Å². The van der Waals surface area contributed by atoms with Crippen molar-refractivity contribution < 1.29 is 13.5 Å². The van der Waals surface area contributed by atoms with Crippen LogP contribution < -0.4 is 4.74 Å². The Kier molecular flexibility index (Phi) is 6.01. The Hall–Kier alpha value is -2.91. The summed E-state index contributed by atoms with van der Waals surface area (Å²) in [5, 5.41) is 18.0. The average molecular weight is 446 g/mol. The normalized spacial score (nSPS) is 11.1. The molecule has 0 saturated carbocycles. The minimum Gasteiger partial charge on any atom is -0.496 e. The van der Waals surface area contributed by atoms with E-state index in [9.17, 15) is 4.39 Å². The second kappa shape index (κ2) is 8.85. The maximum Gasteiger partial charge on any atom is 0.247 e.